The fraction of sp³-hybridized carbons (Fsp3) is 0.400. The van der Waals surface area contributed by atoms with Crippen LogP contribution >= 0.6 is 0 Å². The topological polar surface area (TPSA) is 49.6 Å². The van der Waals surface area contributed by atoms with Gasteiger partial charge < -0.3 is 9.42 Å². The average Bonchev–Trinajstić information content (AvgIpc) is 3.39. The van der Waals surface area contributed by atoms with Crippen LogP contribution in [0.5, 0.6) is 0 Å². The van der Waals surface area contributed by atoms with Crippen LogP contribution in [0.15, 0.2) is 47.2 Å². The van der Waals surface area contributed by atoms with Crippen molar-refractivity contribution in [3.63, 3.8) is 0 Å². The van der Waals surface area contributed by atoms with Gasteiger partial charge in [-0.25, -0.2) is 0 Å². The highest BCUT2D eigenvalue weighted by atomic mass is 16.5. The highest BCUT2D eigenvalue weighted by Gasteiger charge is 2.33. The van der Waals surface area contributed by atoms with Crippen LogP contribution in [0, 0.1) is 0 Å². The highest BCUT2D eigenvalue weighted by molar-refractivity contribution is 5.95. The molecule has 1 aromatic heterocycles. The molecule has 25 heavy (non-hydrogen) atoms. The van der Waals surface area contributed by atoms with E-state index in [-0.39, 0.29) is 5.91 Å². The molecule has 130 valence electrons. The lowest BCUT2D eigenvalue weighted by Gasteiger charge is -2.34. The minimum absolute atomic E-state index is 0.0719. The Morgan fingerprint density at radius 3 is 2.64 bits per heavy atom. The van der Waals surface area contributed by atoms with Crippen LogP contribution in [0.3, 0.4) is 0 Å². The van der Waals surface area contributed by atoms with E-state index in [1.165, 1.54) is 11.8 Å². The van der Waals surface area contributed by atoms with Gasteiger partial charge in [-0.1, -0.05) is 47.6 Å². The molecule has 0 radical (unpaired) electrons. The lowest BCUT2D eigenvalue weighted by molar-refractivity contribution is 0.0648. The van der Waals surface area contributed by atoms with E-state index in [0.717, 1.165) is 51.3 Å². The molecule has 2 aromatic rings. The van der Waals surface area contributed by atoms with E-state index >= 15 is 0 Å². The summed E-state index contributed by atoms with van der Waals surface area (Å²) in [6.07, 6.45) is 8.10. The normalized spacial score (nSPS) is 18.8. The lowest BCUT2D eigenvalue weighted by atomic mass is 10.1. The third-order valence-corrected chi connectivity index (χ3v) is 4.93. The Bertz CT molecular complexity index is 741. The molecule has 0 spiro atoms. The third kappa shape index (κ3) is 3.82. The van der Waals surface area contributed by atoms with Crippen molar-refractivity contribution < 1.29 is 9.32 Å². The molecule has 1 amide bonds. The summed E-state index contributed by atoms with van der Waals surface area (Å²) in [5, 5.41) is 4.04. The van der Waals surface area contributed by atoms with Gasteiger partial charge in [0.15, 0.2) is 0 Å². The number of nitrogens with zero attached hydrogens (tertiary/aromatic N) is 3. The van der Waals surface area contributed by atoms with E-state index in [4.69, 9.17) is 4.52 Å². The molecule has 0 atom stereocenters. The van der Waals surface area contributed by atoms with Gasteiger partial charge >= 0.3 is 0 Å². The van der Waals surface area contributed by atoms with Crippen molar-refractivity contribution in [2.24, 2.45) is 0 Å². The van der Waals surface area contributed by atoms with Gasteiger partial charge in [-0.2, -0.15) is 0 Å². The number of hydrogen-bond donors (Lipinski definition) is 0. The molecule has 1 saturated carbocycles. The summed E-state index contributed by atoms with van der Waals surface area (Å²) in [4.78, 5) is 17.0. The van der Waals surface area contributed by atoms with Crippen LogP contribution in [0.1, 0.15) is 40.4 Å². The molecule has 4 rings (SSSR count). The molecule has 5 nitrogen and oxygen atoms in total. The fourth-order valence-electron chi connectivity index (χ4n) is 3.26. The smallest absolute Gasteiger partial charge is 0.259 e. The minimum atomic E-state index is 0.0719. The molecule has 0 bridgehead atoms. The monoisotopic (exact) mass is 337 g/mol. The Balaban J connectivity index is 1.28. The van der Waals surface area contributed by atoms with E-state index in [2.05, 4.69) is 34.3 Å². The van der Waals surface area contributed by atoms with Gasteiger partial charge in [-0.3, -0.25) is 9.69 Å². The first-order valence-corrected chi connectivity index (χ1v) is 8.99. The molecular weight excluding hydrogens is 314 g/mol. The Labute approximate surface area is 147 Å². The molecular formula is C20H23N3O2. The number of benzene rings is 1. The number of carbonyl (C=O) groups excluding carboxylic acids is 1. The van der Waals surface area contributed by atoms with E-state index in [9.17, 15) is 4.79 Å². The Morgan fingerprint density at radius 1 is 1.16 bits per heavy atom. The molecule has 1 aromatic carbocycles. The van der Waals surface area contributed by atoms with Crippen molar-refractivity contribution in [1.82, 2.24) is 15.0 Å². The number of piperazine rings is 1. The van der Waals surface area contributed by atoms with E-state index in [1.54, 1.807) is 0 Å². The van der Waals surface area contributed by atoms with Gasteiger partial charge in [-0.15, -0.1) is 0 Å². The largest absolute Gasteiger partial charge is 0.364 e. The number of amides is 1. The first-order valence-electron chi connectivity index (χ1n) is 8.99. The predicted molar refractivity (Wildman–Crippen MR) is 96.3 cm³/mol. The van der Waals surface area contributed by atoms with Crippen LogP contribution in [-0.4, -0.2) is 53.6 Å². The maximum Gasteiger partial charge on any atom is 0.259 e. The van der Waals surface area contributed by atoms with E-state index in [0.29, 0.717) is 11.5 Å². The van der Waals surface area contributed by atoms with Crippen molar-refractivity contribution in [1.29, 1.82) is 0 Å². The SMILES string of the molecule is O=C(c1conc1C1CC1)N1CCN(C/C=C/c2ccccc2)CC1. The Morgan fingerprint density at radius 2 is 1.92 bits per heavy atom. The van der Waals surface area contributed by atoms with Gasteiger partial charge in [0.05, 0.1) is 5.69 Å². The van der Waals surface area contributed by atoms with Crippen LogP contribution in [0.2, 0.25) is 0 Å². The second-order valence-corrected chi connectivity index (χ2v) is 6.79. The van der Waals surface area contributed by atoms with Crippen molar-refractivity contribution in [3.8, 4) is 0 Å². The molecule has 0 unspecified atom stereocenters. The Hall–Kier alpha value is -2.40. The standard InChI is InChI=1S/C20H23N3O2/c24-20(18-15-25-21-19(18)17-8-9-17)23-13-11-22(12-14-23)10-4-7-16-5-2-1-3-6-16/h1-7,15,17H,8-14H2/b7-4+. The van der Waals surface area contributed by atoms with Crippen molar-refractivity contribution in [2.75, 3.05) is 32.7 Å². The lowest BCUT2D eigenvalue weighted by Crippen LogP contribution is -2.48. The highest BCUT2D eigenvalue weighted by Crippen LogP contribution is 2.41. The van der Waals surface area contributed by atoms with Crippen LogP contribution < -0.4 is 0 Å². The maximum atomic E-state index is 12.7. The number of carbonyl (C=O) groups is 1. The summed E-state index contributed by atoms with van der Waals surface area (Å²) in [7, 11) is 0. The quantitative estimate of drug-likeness (QED) is 0.841. The van der Waals surface area contributed by atoms with Crippen molar-refractivity contribution in [3.05, 3.63) is 59.5 Å². The molecule has 2 fully saturated rings. The van der Waals surface area contributed by atoms with Crippen LogP contribution in [-0.2, 0) is 0 Å². The summed E-state index contributed by atoms with van der Waals surface area (Å²) in [5.74, 6) is 0.504. The zero-order chi connectivity index (χ0) is 17.1. The second-order valence-electron chi connectivity index (χ2n) is 6.79. The fourth-order valence-corrected chi connectivity index (χ4v) is 3.26. The first kappa shape index (κ1) is 16.1. The molecule has 5 heteroatoms. The predicted octanol–water partition coefficient (Wildman–Crippen LogP) is 3.02. The van der Waals surface area contributed by atoms with Gasteiger partial charge in [0, 0.05) is 38.6 Å². The zero-order valence-corrected chi connectivity index (χ0v) is 14.3. The molecule has 1 saturated heterocycles. The summed E-state index contributed by atoms with van der Waals surface area (Å²) in [6.45, 7) is 4.22. The van der Waals surface area contributed by atoms with Crippen molar-refractivity contribution >= 4 is 12.0 Å². The second kappa shape index (κ2) is 7.23. The Kier molecular flexibility index (Phi) is 4.65. The molecule has 2 heterocycles. The molecule has 2 aliphatic rings. The molecule has 1 aliphatic heterocycles. The number of hydrogen-bond acceptors (Lipinski definition) is 4. The van der Waals surface area contributed by atoms with Gasteiger partial charge in [0.2, 0.25) is 0 Å². The summed E-state index contributed by atoms with van der Waals surface area (Å²) in [5.41, 5.74) is 2.74. The molecule has 1 aliphatic carbocycles. The van der Waals surface area contributed by atoms with E-state index in [1.807, 2.05) is 23.1 Å². The first-order chi connectivity index (χ1) is 12.3. The number of aromatic nitrogens is 1. The summed E-state index contributed by atoms with van der Waals surface area (Å²) < 4.78 is 5.06. The van der Waals surface area contributed by atoms with Crippen LogP contribution in [0.25, 0.3) is 6.08 Å². The van der Waals surface area contributed by atoms with E-state index < -0.39 is 0 Å². The molecule has 0 N–H and O–H groups in total. The maximum absolute atomic E-state index is 12.7. The summed E-state index contributed by atoms with van der Waals surface area (Å²) >= 11 is 0. The van der Waals surface area contributed by atoms with Crippen LogP contribution in [0.4, 0.5) is 0 Å². The summed E-state index contributed by atoms with van der Waals surface area (Å²) in [6, 6.07) is 10.3. The zero-order valence-electron chi connectivity index (χ0n) is 14.3. The average molecular weight is 337 g/mol. The van der Waals surface area contributed by atoms with Gasteiger partial charge in [0.1, 0.15) is 11.8 Å². The van der Waals surface area contributed by atoms with Gasteiger partial charge in [0.25, 0.3) is 5.91 Å². The third-order valence-electron chi connectivity index (χ3n) is 4.93. The minimum Gasteiger partial charge on any atom is -0.364 e. The number of rotatable bonds is 5. The van der Waals surface area contributed by atoms with Crippen molar-refractivity contribution in [2.45, 2.75) is 18.8 Å². The van der Waals surface area contributed by atoms with Gasteiger partial charge in [-0.05, 0) is 18.4 Å².